The lowest BCUT2D eigenvalue weighted by atomic mass is 10.1. The first-order valence-corrected chi connectivity index (χ1v) is 8.60. The molecular weight excluding hydrogens is 409 g/mol. The molecule has 0 aliphatic heterocycles. The Kier molecular flexibility index (Phi) is 5.88. The molecule has 2 aromatic carbocycles. The first-order valence-electron chi connectivity index (χ1n) is 8.22. The second kappa shape index (κ2) is 8.36. The highest BCUT2D eigenvalue weighted by atomic mass is 35.5. The molecule has 1 aromatic heterocycles. The summed E-state index contributed by atoms with van der Waals surface area (Å²) in [6.45, 7) is 1.35. The summed E-state index contributed by atoms with van der Waals surface area (Å²) in [4.78, 5) is 19.7. The molecule has 0 bridgehead atoms. The fourth-order valence-corrected chi connectivity index (χ4v) is 2.54. The zero-order valence-electron chi connectivity index (χ0n) is 14.9. The summed E-state index contributed by atoms with van der Waals surface area (Å²) in [6.07, 6.45) is -3.24. The summed E-state index contributed by atoms with van der Waals surface area (Å²) in [7, 11) is 0. The molecule has 0 atom stereocenters. The van der Waals surface area contributed by atoms with E-state index in [9.17, 15) is 18.0 Å². The van der Waals surface area contributed by atoms with E-state index in [0.717, 1.165) is 6.07 Å². The van der Waals surface area contributed by atoms with Gasteiger partial charge in [0.1, 0.15) is 17.2 Å². The van der Waals surface area contributed by atoms with E-state index in [0.29, 0.717) is 11.4 Å². The maximum atomic E-state index is 13.0. The van der Waals surface area contributed by atoms with Gasteiger partial charge < -0.3 is 15.4 Å². The Bertz CT molecular complexity index is 1030. The minimum Gasteiger partial charge on any atom is -0.439 e. The molecule has 2 amide bonds. The van der Waals surface area contributed by atoms with Crippen molar-refractivity contribution in [3.63, 3.8) is 0 Å². The number of urea groups is 1. The second-order valence-electron chi connectivity index (χ2n) is 5.91. The van der Waals surface area contributed by atoms with Gasteiger partial charge >= 0.3 is 12.2 Å². The van der Waals surface area contributed by atoms with Crippen LogP contribution in [0.15, 0.2) is 54.9 Å². The number of amides is 2. The number of anilines is 2. The number of hydrogen-bond donors (Lipinski definition) is 2. The summed E-state index contributed by atoms with van der Waals surface area (Å²) < 4.78 is 44.4. The standard InChI is InChI=1S/C19H14ClF3N4O2/c1-11-2-3-13(8-15(11)19(21,22)23)27-18(28)26-12-4-6-14(7-5-12)29-17-9-16(20)24-10-25-17/h2-10H,1H3,(H2,26,27,28). The zero-order chi connectivity index (χ0) is 21.0. The average Bonchev–Trinajstić information content (AvgIpc) is 2.64. The Morgan fingerprint density at radius 3 is 2.31 bits per heavy atom. The average molecular weight is 423 g/mol. The molecule has 2 N–H and O–H groups in total. The number of carbonyl (C=O) groups excluding carboxylic acids is 1. The van der Waals surface area contributed by atoms with Crippen LogP contribution in [0.5, 0.6) is 11.6 Å². The molecule has 150 valence electrons. The van der Waals surface area contributed by atoms with Gasteiger partial charge in [-0.1, -0.05) is 17.7 Å². The quantitative estimate of drug-likeness (QED) is 0.514. The van der Waals surface area contributed by atoms with Crippen LogP contribution in [0.2, 0.25) is 5.15 Å². The Morgan fingerprint density at radius 2 is 1.66 bits per heavy atom. The first kappa shape index (κ1) is 20.4. The molecular formula is C19H14ClF3N4O2. The molecule has 0 saturated carbocycles. The van der Waals surface area contributed by atoms with Gasteiger partial charge in [-0.3, -0.25) is 0 Å². The normalized spacial score (nSPS) is 11.1. The highest BCUT2D eigenvalue weighted by molar-refractivity contribution is 6.29. The van der Waals surface area contributed by atoms with Crippen LogP contribution in [0.25, 0.3) is 0 Å². The summed E-state index contributed by atoms with van der Waals surface area (Å²) in [5, 5.41) is 5.14. The largest absolute Gasteiger partial charge is 0.439 e. The van der Waals surface area contributed by atoms with Crippen molar-refractivity contribution in [1.82, 2.24) is 9.97 Å². The van der Waals surface area contributed by atoms with Crippen molar-refractivity contribution >= 4 is 29.0 Å². The minimum atomic E-state index is -4.50. The maximum Gasteiger partial charge on any atom is 0.416 e. The predicted octanol–water partition coefficient (Wildman–Crippen LogP) is 5.89. The summed E-state index contributed by atoms with van der Waals surface area (Å²) in [5.74, 6) is 0.697. The number of carbonyl (C=O) groups is 1. The van der Waals surface area contributed by atoms with Gasteiger partial charge in [-0.2, -0.15) is 13.2 Å². The molecule has 1 heterocycles. The predicted molar refractivity (Wildman–Crippen MR) is 102 cm³/mol. The SMILES string of the molecule is Cc1ccc(NC(=O)Nc2ccc(Oc3cc(Cl)ncn3)cc2)cc1C(F)(F)F. The molecule has 3 aromatic rings. The van der Waals surface area contributed by atoms with Crippen molar-refractivity contribution in [3.05, 3.63) is 71.1 Å². The monoisotopic (exact) mass is 422 g/mol. The van der Waals surface area contributed by atoms with Crippen LogP contribution in [0.4, 0.5) is 29.3 Å². The van der Waals surface area contributed by atoms with Crippen LogP contribution in [-0.4, -0.2) is 16.0 Å². The molecule has 0 unspecified atom stereocenters. The second-order valence-corrected chi connectivity index (χ2v) is 6.30. The molecule has 0 aliphatic carbocycles. The number of halogens is 4. The van der Waals surface area contributed by atoms with E-state index < -0.39 is 17.8 Å². The number of aromatic nitrogens is 2. The van der Waals surface area contributed by atoms with Gasteiger partial charge in [0.25, 0.3) is 0 Å². The molecule has 6 nitrogen and oxygen atoms in total. The molecule has 3 rings (SSSR count). The van der Waals surface area contributed by atoms with Crippen molar-refractivity contribution < 1.29 is 22.7 Å². The molecule has 0 radical (unpaired) electrons. The Hall–Kier alpha value is -3.33. The van der Waals surface area contributed by atoms with Crippen LogP contribution in [-0.2, 0) is 6.18 Å². The van der Waals surface area contributed by atoms with E-state index in [1.54, 1.807) is 24.3 Å². The Morgan fingerprint density at radius 1 is 1.00 bits per heavy atom. The van der Waals surface area contributed by atoms with Gasteiger partial charge in [-0.05, 0) is 48.9 Å². The maximum absolute atomic E-state index is 13.0. The van der Waals surface area contributed by atoms with Gasteiger partial charge in [0.05, 0.1) is 5.56 Å². The lowest BCUT2D eigenvalue weighted by Crippen LogP contribution is -2.20. The number of nitrogens with zero attached hydrogens (tertiary/aromatic N) is 2. The van der Waals surface area contributed by atoms with Crippen molar-refractivity contribution in [3.8, 4) is 11.6 Å². The van der Waals surface area contributed by atoms with Crippen LogP contribution >= 0.6 is 11.6 Å². The van der Waals surface area contributed by atoms with E-state index in [2.05, 4.69) is 20.6 Å². The van der Waals surface area contributed by atoms with Gasteiger partial charge in [0.15, 0.2) is 0 Å². The van der Waals surface area contributed by atoms with Gasteiger partial charge in [0.2, 0.25) is 5.88 Å². The van der Waals surface area contributed by atoms with Crippen molar-refractivity contribution in [2.24, 2.45) is 0 Å². The van der Waals surface area contributed by atoms with E-state index >= 15 is 0 Å². The number of alkyl halides is 3. The van der Waals surface area contributed by atoms with Crippen LogP contribution in [0.1, 0.15) is 11.1 Å². The lowest BCUT2D eigenvalue weighted by molar-refractivity contribution is -0.138. The number of ether oxygens (including phenoxy) is 1. The number of benzene rings is 2. The summed E-state index contributed by atoms with van der Waals surface area (Å²) in [5.41, 5.74) is -0.287. The number of nitrogens with one attached hydrogen (secondary N) is 2. The van der Waals surface area contributed by atoms with Crippen LogP contribution in [0, 0.1) is 6.92 Å². The van der Waals surface area contributed by atoms with Gasteiger partial charge in [0, 0.05) is 17.4 Å². The third-order valence-corrected chi connectivity index (χ3v) is 3.95. The van der Waals surface area contributed by atoms with Gasteiger partial charge in [-0.25, -0.2) is 14.8 Å². The summed E-state index contributed by atoms with van der Waals surface area (Å²) in [6, 6.07) is 10.6. The fourth-order valence-electron chi connectivity index (χ4n) is 2.40. The summed E-state index contributed by atoms with van der Waals surface area (Å²) >= 11 is 5.76. The molecule has 29 heavy (non-hydrogen) atoms. The lowest BCUT2D eigenvalue weighted by Gasteiger charge is -2.13. The molecule has 10 heteroatoms. The van der Waals surface area contributed by atoms with Crippen molar-refractivity contribution in [1.29, 1.82) is 0 Å². The van der Waals surface area contributed by atoms with E-state index in [-0.39, 0.29) is 22.3 Å². The minimum absolute atomic E-state index is 0.0287. The third kappa shape index (κ3) is 5.58. The third-order valence-electron chi connectivity index (χ3n) is 3.74. The highest BCUT2D eigenvalue weighted by Gasteiger charge is 2.32. The van der Waals surface area contributed by atoms with Crippen molar-refractivity contribution in [2.45, 2.75) is 13.1 Å². The number of hydrogen-bond acceptors (Lipinski definition) is 4. The van der Waals surface area contributed by atoms with E-state index in [1.165, 1.54) is 31.5 Å². The zero-order valence-corrected chi connectivity index (χ0v) is 15.7. The van der Waals surface area contributed by atoms with E-state index in [1.807, 2.05) is 0 Å². The smallest absolute Gasteiger partial charge is 0.416 e. The van der Waals surface area contributed by atoms with Crippen LogP contribution in [0.3, 0.4) is 0 Å². The molecule has 0 aliphatic rings. The molecule has 0 saturated heterocycles. The Balaban J connectivity index is 1.62. The van der Waals surface area contributed by atoms with Gasteiger partial charge in [-0.15, -0.1) is 0 Å². The molecule has 0 spiro atoms. The van der Waals surface area contributed by atoms with Crippen molar-refractivity contribution in [2.75, 3.05) is 10.6 Å². The Labute approximate surface area is 168 Å². The van der Waals surface area contributed by atoms with E-state index in [4.69, 9.17) is 16.3 Å². The number of aryl methyl sites for hydroxylation is 1. The topological polar surface area (TPSA) is 76.1 Å². The first-order chi connectivity index (χ1) is 13.7. The number of rotatable bonds is 4. The van der Waals surface area contributed by atoms with Crippen LogP contribution < -0.4 is 15.4 Å². The highest BCUT2D eigenvalue weighted by Crippen LogP contribution is 2.33. The fraction of sp³-hybridized carbons (Fsp3) is 0.105. The molecule has 0 fully saturated rings.